The van der Waals surface area contributed by atoms with Crippen molar-refractivity contribution in [3.05, 3.63) is 24.4 Å². The molecular formula is C21H29NO2. The molecule has 24 heavy (non-hydrogen) atoms. The van der Waals surface area contributed by atoms with Gasteiger partial charge in [-0.2, -0.15) is 0 Å². The highest BCUT2D eigenvalue weighted by Gasteiger charge is 2.60. The molecule has 1 amide bonds. The molecule has 0 aromatic carbocycles. The summed E-state index contributed by atoms with van der Waals surface area (Å²) >= 11 is 0. The van der Waals surface area contributed by atoms with E-state index in [1.807, 2.05) is 6.08 Å². The zero-order chi connectivity index (χ0) is 17.1. The minimum atomic E-state index is -0.130. The molecule has 3 aliphatic carbocycles. The molecule has 1 heterocycles. The van der Waals surface area contributed by atoms with E-state index in [-0.39, 0.29) is 22.7 Å². The summed E-state index contributed by atoms with van der Waals surface area (Å²) in [6.45, 7) is 8.42. The lowest BCUT2D eigenvalue weighted by Crippen LogP contribution is -2.53. The van der Waals surface area contributed by atoms with Crippen LogP contribution in [0, 0.1) is 34.5 Å². The molecular weight excluding hydrogens is 298 g/mol. The van der Waals surface area contributed by atoms with E-state index < -0.39 is 0 Å². The lowest BCUT2D eigenvalue weighted by Gasteiger charge is -2.55. The van der Waals surface area contributed by atoms with Gasteiger partial charge in [-0.25, -0.2) is 0 Å². The van der Waals surface area contributed by atoms with Gasteiger partial charge in [-0.15, -0.1) is 6.58 Å². The van der Waals surface area contributed by atoms with Gasteiger partial charge in [-0.1, -0.05) is 26.0 Å². The van der Waals surface area contributed by atoms with Gasteiger partial charge in [0.1, 0.15) is 5.78 Å². The van der Waals surface area contributed by atoms with E-state index in [1.165, 1.54) is 0 Å². The molecule has 1 aliphatic heterocycles. The predicted octanol–water partition coefficient (Wildman–Crippen LogP) is 4.00. The molecule has 2 saturated carbocycles. The predicted molar refractivity (Wildman–Crippen MR) is 93.9 cm³/mol. The van der Waals surface area contributed by atoms with Gasteiger partial charge in [0.25, 0.3) is 0 Å². The fourth-order valence-electron chi connectivity index (χ4n) is 6.54. The van der Waals surface area contributed by atoms with Gasteiger partial charge in [0, 0.05) is 28.9 Å². The van der Waals surface area contributed by atoms with E-state index >= 15 is 0 Å². The average molecular weight is 327 g/mol. The van der Waals surface area contributed by atoms with Crippen LogP contribution in [0.1, 0.15) is 58.8 Å². The summed E-state index contributed by atoms with van der Waals surface area (Å²) in [5, 5.41) is 3.14. The number of Topliss-reactive ketones (excluding diaryl/α,β-unsaturated/α-hetero) is 1. The van der Waals surface area contributed by atoms with Crippen LogP contribution in [0.4, 0.5) is 0 Å². The number of rotatable bonds is 2. The van der Waals surface area contributed by atoms with Gasteiger partial charge in [-0.3, -0.25) is 9.59 Å². The monoisotopic (exact) mass is 327 g/mol. The molecule has 0 aromatic rings. The summed E-state index contributed by atoms with van der Waals surface area (Å²) in [7, 11) is 0. The van der Waals surface area contributed by atoms with Crippen LogP contribution < -0.4 is 5.32 Å². The summed E-state index contributed by atoms with van der Waals surface area (Å²) in [5.41, 5.74) is 1.13. The number of hydrogen-bond donors (Lipinski definition) is 1. The van der Waals surface area contributed by atoms with Crippen LogP contribution in [-0.2, 0) is 9.59 Å². The van der Waals surface area contributed by atoms with Crippen molar-refractivity contribution in [2.45, 2.75) is 58.8 Å². The maximum atomic E-state index is 13.0. The van der Waals surface area contributed by atoms with Crippen molar-refractivity contribution in [1.82, 2.24) is 5.32 Å². The van der Waals surface area contributed by atoms with Gasteiger partial charge in [0.15, 0.2) is 0 Å². The van der Waals surface area contributed by atoms with Crippen molar-refractivity contribution < 1.29 is 9.59 Å². The molecule has 3 fully saturated rings. The first kappa shape index (κ1) is 16.1. The molecule has 5 unspecified atom stereocenters. The van der Waals surface area contributed by atoms with Crippen LogP contribution in [0.25, 0.3) is 0 Å². The summed E-state index contributed by atoms with van der Waals surface area (Å²) < 4.78 is 0. The highest BCUT2D eigenvalue weighted by molar-refractivity contribution is 5.89. The minimum Gasteiger partial charge on any atom is -0.330 e. The zero-order valence-corrected chi connectivity index (χ0v) is 14.9. The van der Waals surface area contributed by atoms with E-state index in [0.717, 1.165) is 44.2 Å². The normalized spacial score (nSPS) is 47.2. The lowest BCUT2D eigenvalue weighted by atomic mass is 9.50. The van der Waals surface area contributed by atoms with Crippen LogP contribution >= 0.6 is 0 Å². The van der Waals surface area contributed by atoms with Gasteiger partial charge in [-0.05, 0) is 56.3 Å². The summed E-state index contributed by atoms with van der Waals surface area (Å²) in [6.07, 6.45) is 10.8. The molecule has 3 heteroatoms. The van der Waals surface area contributed by atoms with Crippen LogP contribution in [0.15, 0.2) is 24.4 Å². The Hall–Kier alpha value is -1.38. The molecule has 1 saturated heterocycles. The first-order valence-electron chi connectivity index (χ1n) is 9.56. The number of piperidine rings is 1. The smallest absolute Gasteiger partial charge is 0.224 e. The average Bonchev–Trinajstić information content (AvgIpc) is 2.81. The van der Waals surface area contributed by atoms with Crippen LogP contribution in [-0.4, -0.2) is 11.7 Å². The van der Waals surface area contributed by atoms with Crippen LogP contribution in [0.3, 0.4) is 0 Å². The number of hydrogen-bond acceptors (Lipinski definition) is 2. The number of amides is 1. The van der Waals surface area contributed by atoms with Gasteiger partial charge >= 0.3 is 0 Å². The Balaban J connectivity index is 1.67. The number of allylic oxidation sites excluding steroid dienone is 3. The van der Waals surface area contributed by atoms with Gasteiger partial charge in [0.05, 0.1) is 0 Å². The molecule has 0 aromatic heterocycles. The van der Waals surface area contributed by atoms with Crippen molar-refractivity contribution >= 4 is 11.7 Å². The Morgan fingerprint density at radius 1 is 1.25 bits per heavy atom. The fourth-order valence-corrected chi connectivity index (χ4v) is 6.54. The third kappa shape index (κ3) is 2.02. The van der Waals surface area contributed by atoms with E-state index in [0.29, 0.717) is 30.0 Å². The third-order valence-electron chi connectivity index (χ3n) is 7.92. The Kier molecular flexibility index (Phi) is 3.56. The second kappa shape index (κ2) is 5.31. The van der Waals surface area contributed by atoms with E-state index in [1.54, 1.807) is 0 Å². The summed E-state index contributed by atoms with van der Waals surface area (Å²) in [6, 6.07) is 0. The first-order valence-corrected chi connectivity index (χ1v) is 9.56. The van der Waals surface area contributed by atoms with E-state index in [2.05, 4.69) is 31.8 Å². The number of carbonyl (C=O) groups excluding carboxylic acids is 2. The SMILES string of the molecule is C=CC[C@H]1CC2C3CC=C4NC(=O)CCC4(C)C3CCC2(C)C1=O. The molecule has 130 valence electrons. The summed E-state index contributed by atoms with van der Waals surface area (Å²) in [5.74, 6) is 2.53. The van der Waals surface area contributed by atoms with Crippen LogP contribution in [0.5, 0.6) is 0 Å². The van der Waals surface area contributed by atoms with E-state index in [4.69, 9.17) is 0 Å². The zero-order valence-electron chi connectivity index (χ0n) is 14.9. The molecule has 4 aliphatic rings. The molecule has 3 nitrogen and oxygen atoms in total. The maximum Gasteiger partial charge on any atom is 0.224 e. The topological polar surface area (TPSA) is 46.2 Å². The molecule has 0 radical (unpaired) electrons. The quantitative estimate of drug-likeness (QED) is 0.779. The highest BCUT2D eigenvalue weighted by Crippen LogP contribution is 2.63. The molecule has 1 N–H and O–H groups in total. The first-order chi connectivity index (χ1) is 11.4. The van der Waals surface area contributed by atoms with E-state index in [9.17, 15) is 9.59 Å². The second-order valence-electron chi connectivity index (χ2n) is 8.97. The Morgan fingerprint density at radius 2 is 2.04 bits per heavy atom. The van der Waals surface area contributed by atoms with Gasteiger partial charge < -0.3 is 5.32 Å². The molecule has 0 bridgehead atoms. The number of ketones is 1. The van der Waals surface area contributed by atoms with Crippen molar-refractivity contribution in [3.8, 4) is 0 Å². The van der Waals surface area contributed by atoms with Crippen molar-refractivity contribution in [2.75, 3.05) is 0 Å². The number of nitrogens with one attached hydrogen (secondary N) is 1. The van der Waals surface area contributed by atoms with Gasteiger partial charge in [0.2, 0.25) is 5.91 Å². The largest absolute Gasteiger partial charge is 0.330 e. The Bertz CT molecular complexity index is 636. The summed E-state index contributed by atoms with van der Waals surface area (Å²) in [4.78, 5) is 24.8. The van der Waals surface area contributed by atoms with Crippen molar-refractivity contribution in [3.63, 3.8) is 0 Å². The number of carbonyl (C=O) groups is 2. The molecule has 6 atom stereocenters. The third-order valence-corrected chi connectivity index (χ3v) is 7.92. The molecule has 4 rings (SSSR count). The fraction of sp³-hybridized carbons (Fsp3) is 0.714. The van der Waals surface area contributed by atoms with Crippen LogP contribution in [0.2, 0.25) is 0 Å². The van der Waals surface area contributed by atoms with Crippen molar-refractivity contribution in [1.29, 1.82) is 0 Å². The lowest BCUT2D eigenvalue weighted by molar-refractivity contribution is -0.134. The standard InChI is InChI=1S/C21H29NO2/c1-4-5-13-12-16-14-6-7-17-20(2,11-9-18(23)22-17)15(14)8-10-21(16,3)19(13)24/h4,7,13-16H,1,5-6,8-12H2,2-3H3,(H,22,23)/t13-,14?,15?,16?,20?,21?/m0/s1. The minimum absolute atomic E-state index is 0.0950. The Morgan fingerprint density at radius 3 is 2.79 bits per heavy atom. The number of fused-ring (bicyclic) bond motifs is 5. The highest BCUT2D eigenvalue weighted by atomic mass is 16.1. The maximum absolute atomic E-state index is 13.0. The molecule has 0 spiro atoms. The Labute approximate surface area is 145 Å². The second-order valence-corrected chi connectivity index (χ2v) is 8.97. The van der Waals surface area contributed by atoms with Crippen molar-refractivity contribution in [2.24, 2.45) is 34.5 Å².